The maximum absolute atomic E-state index is 13.8. The van der Waals surface area contributed by atoms with E-state index in [1.54, 1.807) is 25.1 Å². The molecule has 3 aromatic rings. The molecule has 2 aromatic carbocycles. The van der Waals surface area contributed by atoms with E-state index in [2.05, 4.69) is 5.32 Å². The van der Waals surface area contributed by atoms with Gasteiger partial charge in [0.2, 0.25) is 5.91 Å². The van der Waals surface area contributed by atoms with Crippen molar-refractivity contribution in [3.05, 3.63) is 97.9 Å². The number of hydrogen-bond donors (Lipinski definition) is 3. The van der Waals surface area contributed by atoms with E-state index in [-0.39, 0.29) is 48.4 Å². The summed E-state index contributed by atoms with van der Waals surface area (Å²) in [4.78, 5) is 24.7. The van der Waals surface area contributed by atoms with Crippen LogP contribution in [0.1, 0.15) is 29.3 Å². The lowest BCUT2D eigenvalue weighted by Gasteiger charge is -2.16. The van der Waals surface area contributed by atoms with E-state index in [9.17, 15) is 23.5 Å². The van der Waals surface area contributed by atoms with Gasteiger partial charge in [0.15, 0.2) is 0 Å². The van der Waals surface area contributed by atoms with Gasteiger partial charge in [0.1, 0.15) is 35.1 Å². The van der Waals surface area contributed by atoms with Crippen LogP contribution >= 0.6 is 24.0 Å². The molecule has 0 bridgehead atoms. The number of nitrogens with two attached hydrogens (primary N) is 1. The van der Waals surface area contributed by atoms with Crippen LogP contribution in [0.25, 0.3) is 0 Å². The zero-order chi connectivity index (χ0) is 25.7. The molecule has 0 aliphatic rings. The lowest BCUT2D eigenvalue weighted by molar-refractivity contribution is -0.124. The molecular formula is C25H27Cl2F2N3O4. The Morgan fingerprint density at radius 3 is 2.42 bits per heavy atom. The molecule has 0 aliphatic heterocycles. The lowest BCUT2D eigenvalue weighted by Crippen LogP contribution is -2.46. The molecule has 2 atom stereocenters. The molecule has 0 fully saturated rings. The number of benzene rings is 2. The van der Waals surface area contributed by atoms with E-state index in [1.807, 2.05) is 12.1 Å². The Morgan fingerprint density at radius 1 is 1.17 bits per heavy atom. The molecule has 36 heavy (non-hydrogen) atoms. The van der Waals surface area contributed by atoms with Crippen LogP contribution in [0.5, 0.6) is 5.75 Å². The van der Waals surface area contributed by atoms with Crippen molar-refractivity contribution in [3.8, 4) is 5.75 Å². The number of aryl methyl sites for hydroxylation is 1. The van der Waals surface area contributed by atoms with Gasteiger partial charge in [-0.05, 0) is 37.1 Å². The second kappa shape index (κ2) is 12.8. The van der Waals surface area contributed by atoms with Crippen LogP contribution in [0.3, 0.4) is 0 Å². The maximum atomic E-state index is 13.8. The van der Waals surface area contributed by atoms with Gasteiger partial charge in [-0.15, -0.1) is 12.4 Å². The second-order valence-corrected chi connectivity index (χ2v) is 8.56. The number of carbonyl (C=O) groups is 1. The summed E-state index contributed by atoms with van der Waals surface area (Å²) in [5, 5.41) is 11.9. The Hall–Kier alpha value is -2.98. The first kappa shape index (κ1) is 29.3. The molecule has 194 valence electrons. The highest BCUT2D eigenvalue weighted by Gasteiger charge is 2.18. The highest BCUT2D eigenvalue weighted by atomic mass is 35.5. The molecule has 7 nitrogen and oxygen atoms in total. The summed E-state index contributed by atoms with van der Waals surface area (Å²) >= 11 is 6.23. The van der Waals surface area contributed by atoms with Crippen molar-refractivity contribution in [1.82, 2.24) is 9.88 Å². The van der Waals surface area contributed by atoms with Gasteiger partial charge in [-0.1, -0.05) is 35.9 Å². The summed E-state index contributed by atoms with van der Waals surface area (Å²) in [6.45, 7) is 3.44. The van der Waals surface area contributed by atoms with E-state index in [0.29, 0.717) is 5.69 Å². The number of aliphatic hydroxyl groups excluding tert-OH is 1. The molecule has 0 aliphatic carbocycles. The molecule has 0 spiro atoms. The topological polar surface area (TPSA) is 107 Å². The van der Waals surface area contributed by atoms with Crippen LogP contribution in [-0.4, -0.2) is 27.7 Å². The molecule has 3 rings (SSSR count). The molecular weight excluding hydrogens is 515 g/mol. The molecule has 1 amide bonds. The third-order valence-corrected chi connectivity index (χ3v) is 5.81. The number of aromatic nitrogens is 1. The van der Waals surface area contributed by atoms with E-state index < -0.39 is 35.2 Å². The van der Waals surface area contributed by atoms with Crippen LogP contribution in [0.4, 0.5) is 8.78 Å². The van der Waals surface area contributed by atoms with Gasteiger partial charge in [-0.3, -0.25) is 9.59 Å². The molecule has 0 radical (unpaired) electrons. The number of aliphatic hydroxyl groups is 1. The Kier molecular flexibility index (Phi) is 10.4. The molecule has 0 unspecified atom stereocenters. The number of pyridine rings is 1. The van der Waals surface area contributed by atoms with Crippen molar-refractivity contribution in [1.29, 1.82) is 0 Å². The fourth-order valence-electron chi connectivity index (χ4n) is 3.28. The average molecular weight is 542 g/mol. The van der Waals surface area contributed by atoms with Crippen molar-refractivity contribution < 1.29 is 23.4 Å². The molecule has 1 aromatic heterocycles. The minimum atomic E-state index is -1.00. The van der Waals surface area contributed by atoms with Crippen molar-refractivity contribution in [2.45, 2.75) is 45.7 Å². The fraction of sp³-hybridized carbons (Fsp3) is 0.280. The summed E-state index contributed by atoms with van der Waals surface area (Å²) in [7, 11) is 0. The Morgan fingerprint density at radius 2 is 1.81 bits per heavy atom. The number of ether oxygens (including phenoxy) is 1. The first-order chi connectivity index (χ1) is 16.6. The van der Waals surface area contributed by atoms with Crippen molar-refractivity contribution in [2.24, 2.45) is 5.73 Å². The molecule has 11 heteroatoms. The molecule has 0 saturated heterocycles. The van der Waals surface area contributed by atoms with Gasteiger partial charge in [-0.25, -0.2) is 8.78 Å². The number of rotatable bonds is 9. The van der Waals surface area contributed by atoms with Crippen LogP contribution in [0.15, 0.2) is 53.3 Å². The standard InChI is InChI=1S/C25H26ClF2N3O4.ClH/c1-14-9-21(35-13-18-7-8-19(27)10-20(18)28)22(26)25(34)31(14)12-17-5-3-16(4-6-17)11-30-24(33)23(29)15(2)32;/h3-10,15,23,32H,11-13,29H2,1-2H3,(H,30,33);1H/t15-,23+;/m1./s1. The highest BCUT2D eigenvalue weighted by Crippen LogP contribution is 2.24. The van der Waals surface area contributed by atoms with Crippen LogP contribution in [-0.2, 0) is 24.5 Å². The van der Waals surface area contributed by atoms with Gasteiger partial charge < -0.3 is 25.5 Å². The largest absolute Gasteiger partial charge is 0.487 e. The SMILES string of the molecule is Cc1cc(OCc2ccc(F)cc2F)c(Cl)c(=O)n1Cc1ccc(CNC(=O)[C@@H](N)[C@@H](C)O)cc1.Cl. The third-order valence-electron chi connectivity index (χ3n) is 5.47. The quantitative estimate of drug-likeness (QED) is 0.384. The summed E-state index contributed by atoms with van der Waals surface area (Å²) in [5.41, 5.74) is 7.49. The summed E-state index contributed by atoms with van der Waals surface area (Å²) in [5.74, 6) is -1.79. The number of nitrogens with one attached hydrogen (secondary N) is 1. The van der Waals surface area contributed by atoms with Crippen LogP contribution in [0.2, 0.25) is 5.02 Å². The van der Waals surface area contributed by atoms with Gasteiger partial charge in [-0.2, -0.15) is 0 Å². The first-order valence-corrected chi connectivity index (χ1v) is 11.2. The van der Waals surface area contributed by atoms with Gasteiger partial charge >= 0.3 is 0 Å². The Labute approximate surface area is 218 Å². The second-order valence-electron chi connectivity index (χ2n) is 8.18. The summed E-state index contributed by atoms with van der Waals surface area (Å²) < 4.78 is 33.9. The first-order valence-electron chi connectivity index (χ1n) is 10.8. The zero-order valence-corrected chi connectivity index (χ0v) is 21.2. The smallest absolute Gasteiger partial charge is 0.273 e. The van der Waals surface area contributed by atoms with Crippen molar-refractivity contribution in [3.63, 3.8) is 0 Å². The van der Waals surface area contributed by atoms with Crippen molar-refractivity contribution in [2.75, 3.05) is 0 Å². The van der Waals surface area contributed by atoms with Crippen LogP contribution in [0, 0.1) is 18.6 Å². The summed E-state index contributed by atoms with van der Waals surface area (Å²) in [6, 6.07) is 11.0. The van der Waals surface area contributed by atoms with E-state index in [0.717, 1.165) is 23.3 Å². The minimum Gasteiger partial charge on any atom is -0.487 e. The summed E-state index contributed by atoms with van der Waals surface area (Å²) in [6.07, 6.45) is -0.952. The predicted molar refractivity (Wildman–Crippen MR) is 135 cm³/mol. The normalized spacial score (nSPS) is 12.4. The lowest BCUT2D eigenvalue weighted by atomic mass is 10.1. The van der Waals surface area contributed by atoms with E-state index in [4.69, 9.17) is 22.1 Å². The molecule has 0 saturated carbocycles. The zero-order valence-electron chi connectivity index (χ0n) is 19.6. The molecule has 4 N–H and O–H groups in total. The van der Waals surface area contributed by atoms with E-state index in [1.165, 1.54) is 17.6 Å². The van der Waals surface area contributed by atoms with Gasteiger partial charge in [0, 0.05) is 29.9 Å². The van der Waals surface area contributed by atoms with Gasteiger partial charge in [0.25, 0.3) is 5.56 Å². The molecule has 1 heterocycles. The van der Waals surface area contributed by atoms with Crippen LogP contribution < -0.4 is 21.3 Å². The third kappa shape index (κ3) is 7.27. The van der Waals surface area contributed by atoms with E-state index >= 15 is 0 Å². The van der Waals surface area contributed by atoms with Crippen molar-refractivity contribution >= 4 is 29.9 Å². The Bertz CT molecular complexity index is 1270. The van der Waals surface area contributed by atoms with Gasteiger partial charge in [0.05, 0.1) is 12.6 Å². The number of amides is 1. The number of hydrogen-bond acceptors (Lipinski definition) is 5. The fourth-order valence-corrected chi connectivity index (χ4v) is 3.49. The number of halogens is 4. The monoisotopic (exact) mass is 541 g/mol. The predicted octanol–water partition coefficient (Wildman–Crippen LogP) is 3.46. The maximum Gasteiger partial charge on any atom is 0.273 e. The number of nitrogens with zero attached hydrogens (tertiary/aromatic N) is 1. The Balaban J connectivity index is 0.00000456. The number of carbonyl (C=O) groups excluding carboxylic acids is 1. The highest BCUT2D eigenvalue weighted by molar-refractivity contribution is 6.31. The average Bonchev–Trinajstić information content (AvgIpc) is 2.82. The minimum absolute atomic E-state index is 0.